The van der Waals surface area contributed by atoms with Gasteiger partial charge in [-0.1, -0.05) is 0 Å². The molecule has 1 amide bonds. The smallest absolute Gasteiger partial charge is 0.339 e. The van der Waals surface area contributed by atoms with E-state index in [0.29, 0.717) is 17.1 Å². The van der Waals surface area contributed by atoms with Gasteiger partial charge in [0.25, 0.3) is 5.91 Å². The van der Waals surface area contributed by atoms with Crippen molar-refractivity contribution < 1.29 is 24.2 Å². The molecule has 1 aromatic carbocycles. The van der Waals surface area contributed by atoms with Crippen molar-refractivity contribution in [3.63, 3.8) is 0 Å². The number of hydrogen-bond acceptors (Lipinski definition) is 5. The number of benzene rings is 1. The minimum atomic E-state index is -1.21. The van der Waals surface area contributed by atoms with Crippen LogP contribution in [0, 0.1) is 0 Å². The van der Waals surface area contributed by atoms with Crippen molar-refractivity contribution >= 4 is 11.9 Å². The lowest BCUT2D eigenvalue weighted by Crippen LogP contribution is -2.30. The van der Waals surface area contributed by atoms with Crippen LogP contribution in [0.2, 0.25) is 0 Å². The SMILES string of the molecule is COc1ccc(OC)c([C@H](C)NC(=O)c2c(C(=O)O)cnn2C)c1. The number of nitrogens with one attached hydrogen (secondary N) is 1. The van der Waals surface area contributed by atoms with E-state index in [2.05, 4.69) is 10.4 Å². The zero-order valence-corrected chi connectivity index (χ0v) is 13.9. The van der Waals surface area contributed by atoms with Crippen LogP contribution in [-0.4, -0.2) is 41.0 Å². The molecule has 128 valence electrons. The predicted molar refractivity (Wildman–Crippen MR) is 85.6 cm³/mol. The lowest BCUT2D eigenvalue weighted by atomic mass is 10.1. The van der Waals surface area contributed by atoms with Gasteiger partial charge < -0.3 is 19.9 Å². The van der Waals surface area contributed by atoms with Crippen LogP contribution >= 0.6 is 0 Å². The number of hydrogen-bond donors (Lipinski definition) is 2. The summed E-state index contributed by atoms with van der Waals surface area (Å²) in [6.45, 7) is 1.77. The fourth-order valence-electron chi connectivity index (χ4n) is 2.38. The van der Waals surface area contributed by atoms with Crippen molar-refractivity contribution in [3.8, 4) is 11.5 Å². The second-order valence-electron chi connectivity index (χ2n) is 5.14. The number of carboxylic acid groups (broad SMARTS) is 1. The first-order chi connectivity index (χ1) is 11.4. The molecule has 1 atom stereocenters. The minimum Gasteiger partial charge on any atom is -0.497 e. The molecule has 0 saturated heterocycles. The highest BCUT2D eigenvalue weighted by Gasteiger charge is 2.24. The van der Waals surface area contributed by atoms with Gasteiger partial charge in [0.15, 0.2) is 0 Å². The summed E-state index contributed by atoms with van der Waals surface area (Å²) in [4.78, 5) is 23.7. The zero-order valence-electron chi connectivity index (χ0n) is 13.9. The number of aromatic nitrogens is 2. The number of ether oxygens (including phenoxy) is 2. The Morgan fingerprint density at radius 1 is 1.29 bits per heavy atom. The van der Waals surface area contributed by atoms with Gasteiger partial charge in [-0.05, 0) is 25.1 Å². The van der Waals surface area contributed by atoms with Gasteiger partial charge in [-0.25, -0.2) is 4.79 Å². The van der Waals surface area contributed by atoms with Crippen LogP contribution < -0.4 is 14.8 Å². The van der Waals surface area contributed by atoms with E-state index in [4.69, 9.17) is 14.6 Å². The monoisotopic (exact) mass is 333 g/mol. The van der Waals surface area contributed by atoms with Gasteiger partial charge >= 0.3 is 5.97 Å². The maximum absolute atomic E-state index is 12.5. The van der Waals surface area contributed by atoms with E-state index in [1.54, 1.807) is 32.2 Å². The summed E-state index contributed by atoms with van der Waals surface area (Å²) < 4.78 is 11.7. The Kier molecular flexibility index (Phi) is 5.08. The van der Waals surface area contributed by atoms with Crippen molar-refractivity contribution in [3.05, 3.63) is 41.2 Å². The van der Waals surface area contributed by atoms with Gasteiger partial charge in [0.05, 0.1) is 26.5 Å². The molecule has 0 aliphatic rings. The normalized spacial score (nSPS) is 11.7. The van der Waals surface area contributed by atoms with Crippen LogP contribution in [0.15, 0.2) is 24.4 Å². The zero-order chi connectivity index (χ0) is 17.9. The Bertz CT molecular complexity index is 769. The number of methoxy groups -OCH3 is 2. The topological polar surface area (TPSA) is 103 Å². The molecule has 24 heavy (non-hydrogen) atoms. The molecule has 0 unspecified atom stereocenters. The van der Waals surface area contributed by atoms with Crippen molar-refractivity contribution in [2.75, 3.05) is 14.2 Å². The van der Waals surface area contributed by atoms with Crippen LogP contribution in [-0.2, 0) is 7.05 Å². The molecule has 0 radical (unpaired) electrons. The predicted octanol–water partition coefficient (Wildman–Crippen LogP) is 1.63. The van der Waals surface area contributed by atoms with Gasteiger partial charge in [0.2, 0.25) is 0 Å². The van der Waals surface area contributed by atoms with Crippen LogP contribution in [0.3, 0.4) is 0 Å². The maximum Gasteiger partial charge on any atom is 0.339 e. The number of carboxylic acids is 1. The average Bonchev–Trinajstić information content (AvgIpc) is 2.96. The third-order valence-corrected chi connectivity index (χ3v) is 3.64. The van der Waals surface area contributed by atoms with Crippen LogP contribution in [0.5, 0.6) is 11.5 Å². The molecule has 0 bridgehead atoms. The highest BCUT2D eigenvalue weighted by Crippen LogP contribution is 2.29. The molecule has 0 saturated carbocycles. The van der Waals surface area contributed by atoms with E-state index in [9.17, 15) is 9.59 Å². The Labute approximate surface area is 139 Å². The van der Waals surface area contributed by atoms with Gasteiger partial charge in [-0.2, -0.15) is 5.10 Å². The highest BCUT2D eigenvalue weighted by atomic mass is 16.5. The molecule has 2 N–H and O–H groups in total. The van der Waals surface area contributed by atoms with Crippen molar-refractivity contribution in [1.82, 2.24) is 15.1 Å². The van der Waals surface area contributed by atoms with Crippen molar-refractivity contribution in [1.29, 1.82) is 0 Å². The van der Waals surface area contributed by atoms with E-state index in [0.717, 1.165) is 6.20 Å². The molecular weight excluding hydrogens is 314 g/mol. The van der Waals surface area contributed by atoms with E-state index >= 15 is 0 Å². The quantitative estimate of drug-likeness (QED) is 0.833. The standard InChI is InChI=1S/C16H19N3O5/c1-9(11-7-10(23-3)5-6-13(11)24-4)18-15(20)14-12(16(21)22)8-17-19(14)2/h5-9H,1-4H3,(H,18,20)(H,21,22)/t9-/m0/s1. The Morgan fingerprint density at radius 2 is 2.00 bits per heavy atom. The molecular formula is C16H19N3O5. The summed E-state index contributed by atoms with van der Waals surface area (Å²) in [6, 6.07) is 4.81. The first-order valence-electron chi connectivity index (χ1n) is 7.17. The van der Waals surface area contributed by atoms with Gasteiger partial charge in [-0.15, -0.1) is 0 Å². The second kappa shape index (κ2) is 7.03. The first kappa shape index (κ1) is 17.3. The average molecular weight is 333 g/mol. The molecule has 0 spiro atoms. The van der Waals surface area contributed by atoms with Gasteiger partial charge in [-0.3, -0.25) is 9.48 Å². The third-order valence-electron chi connectivity index (χ3n) is 3.64. The highest BCUT2D eigenvalue weighted by molar-refractivity contribution is 6.03. The molecule has 1 heterocycles. The molecule has 0 aliphatic carbocycles. The molecule has 2 rings (SSSR count). The van der Waals surface area contributed by atoms with Crippen molar-refractivity contribution in [2.24, 2.45) is 7.05 Å². The summed E-state index contributed by atoms with van der Waals surface area (Å²) in [5.74, 6) is -0.532. The summed E-state index contributed by atoms with van der Waals surface area (Å²) in [5.41, 5.74) is 0.542. The van der Waals surface area contributed by atoms with E-state index < -0.39 is 17.9 Å². The third kappa shape index (κ3) is 3.32. The molecule has 0 fully saturated rings. The number of nitrogens with zero attached hydrogens (tertiary/aromatic N) is 2. The van der Waals surface area contributed by atoms with Crippen LogP contribution in [0.25, 0.3) is 0 Å². The molecule has 0 aliphatic heterocycles. The Morgan fingerprint density at radius 3 is 2.58 bits per heavy atom. The minimum absolute atomic E-state index is 0.0174. The van der Waals surface area contributed by atoms with Crippen LogP contribution in [0.4, 0.5) is 0 Å². The lowest BCUT2D eigenvalue weighted by Gasteiger charge is -2.18. The number of rotatable bonds is 6. The first-order valence-corrected chi connectivity index (χ1v) is 7.17. The summed E-state index contributed by atoms with van der Waals surface area (Å²) in [5, 5.41) is 15.8. The van der Waals surface area contributed by atoms with Gasteiger partial charge in [0, 0.05) is 12.6 Å². The second-order valence-corrected chi connectivity index (χ2v) is 5.14. The fraction of sp³-hybridized carbons (Fsp3) is 0.312. The molecule has 8 heteroatoms. The van der Waals surface area contributed by atoms with Crippen molar-refractivity contribution in [2.45, 2.75) is 13.0 Å². The maximum atomic E-state index is 12.5. The fourth-order valence-corrected chi connectivity index (χ4v) is 2.38. The van der Waals surface area contributed by atoms with Gasteiger partial charge in [0.1, 0.15) is 22.8 Å². The molecule has 1 aromatic heterocycles. The Hall–Kier alpha value is -3.03. The summed E-state index contributed by atoms with van der Waals surface area (Å²) in [6.07, 6.45) is 1.15. The molecule has 8 nitrogen and oxygen atoms in total. The van der Waals surface area contributed by atoms with E-state index in [1.807, 2.05) is 0 Å². The summed E-state index contributed by atoms with van der Waals surface area (Å²) >= 11 is 0. The number of amides is 1. The van der Waals surface area contributed by atoms with E-state index in [-0.39, 0.29) is 11.3 Å². The lowest BCUT2D eigenvalue weighted by molar-refractivity contribution is 0.0690. The molecule has 2 aromatic rings. The van der Waals surface area contributed by atoms with Crippen LogP contribution in [0.1, 0.15) is 39.4 Å². The number of aromatic carboxylic acids is 1. The largest absolute Gasteiger partial charge is 0.497 e. The number of carbonyl (C=O) groups excluding carboxylic acids is 1. The number of carbonyl (C=O) groups is 2. The summed E-state index contributed by atoms with van der Waals surface area (Å²) in [7, 11) is 4.59. The van der Waals surface area contributed by atoms with E-state index in [1.165, 1.54) is 18.8 Å². The number of aryl methyl sites for hydroxylation is 1. The Balaban J connectivity index is 2.30.